The summed E-state index contributed by atoms with van der Waals surface area (Å²) in [5, 5.41) is 12.9. The van der Waals surface area contributed by atoms with Crippen LogP contribution >= 0.6 is 11.6 Å². The summed E-state index contributed by atoms with van der Waals surface area (Å²) in [6.45, 7) is 2.16. The minimum Gasteiger partial charge on any atom is -0.491 e. The zero-order valence-corrected chi connectivity index (χ0v) is 20.2. The molecular formula is C23H25ClF2N4O6. The lowest BCUT2D eigenvalue weighted by atomic mass is 10.1. The number of aliphatic hydroxyl groups excluding tert-OH is 1. The Labute approximate surface area is 209 Å². The number of ether oxygens (including phenoxy) is 5. The van der Waals surface area contributed by atoms with Crippen LogP contribution in [0.25, 0.3) is 11.2 Å². The van der Waals surface area contributed by atoms with Gasteiger partial charge in [-0.25, -0.2) is 13.8 Å². The highest BCUT2D eigenvalue weighted by atomic mass is 35.5. The van der Waals surface area contributed by atoms with Crippen LogP contribution in [0.1, 0.15) is 12.5 Å². The van der Waals surface area contributed by atoms with Crippen LogP contribution in [0.5, 0.6) is 11.8 Å². The molecule has 0 radical (unpaired) electrons. The van der Waals surface area contributed by atoms with Crippen LogP contribution in [0.4, 0.5) is 14.6 Å². The largest absolute Gasteiger partial charge is 0.491 e. The van der Waals surface area contributed by atoms with E-state index in [-0.39, 0.29) is 66.3 Å². The molecule has 0 spiro atoms. The number of hydrogen-bond donors (Lipinski definition) is 3. The van der Waals surface area contributed by atoms with Crippen molar-refractivity contribution in [1.82, 2.24) is 15.0 Å². The number of benzene rings is 1. The van der Waals surface area contributed by atoms with Gasteiger partial charge in [0.25, 0.3) is 6.01 Å². The van der Waals surface area contributed by atoms with Crippen LogP contribution in [-0.4, -0.2) is 77.5 Å². The van der Waals surface area contributed by atoms with Gasteiger partial charge in [0.1, 0.15) is 48.1 Å². The molecule has 0 amide bonds. The average Bonchev–Trinajstić information content (AvgIpc) is 3.53. The van der Waals surface area contributed by atoms with E-state index in [0.717, 1.165) is 12.1 Å². The van der Waals surface area contributed by atoms with E-state index >= 15 is 0 Å². The number of hydrogen-bond acceptors (Lipinski definition) is 9. The van der Waals surface area contributed by atoms with Gasteiger partial charge >= 0.3 is 0 Å². The summed E-state index contributed by atoms with van der Waals surface area (Å²) in [5.74, 6) is -1.28. The van der Waals surface area contributed by atoms with Crippen molar-refractivity contribution in [3.63, 3.8) is 0 Å². The molecule has 5 atom stereocenters. The van der Waals surface area contributed by atoms with Gasteiger partial charge < -0.3 is 39.1 Å². The van der Waals surface area contributed by atoms with Crippen molar-refractivity contribution in [2.24, 2.45) is 0 Å². The van der Waals surface area contributed by atoms with E-state index in [4.69, 9.17) is 35.3 Å². The number of H-pyrrole nitrogens is 1. The molecule has 2 aliphatic heterocycles. The van der Waals surface area contributed by atoms with Crippen molar-refractivity contribution >= 4 is 28.6 Å². The molecule has 194 valence electrons. The number of anilines is 1. The summed E-state index contributed by atoms with van der Waals surface area (Å²) in [5.41, 5.74) is 0.602. The highest BCUT2D eigenvalue weighted by Crippen LogP contribution is 2.31. The topological polar surface area (TPSA) is 120 Å². The van der Waals surface area contributed by atoms with Gasteiger partial charge in [-0.05, 0) is 13.0 Å². The molecule has 2 fully saturated rings. The molecule has 5 rings (SSSR count). The third-order valence-corrected chi connectivity index (χ3v) is 6.37. The van der Waals surface area contributed by atoms with Gasteiger partial charge in [0.15, 0.2) is 11.8 Å². The predicted molar refractivity (Wildman–Crippen MR) is 124 cm³/mol. The SMILES string of the molecule is COC(C)COc1cc(F)c(CNc2nc3nc(O[C@@H]4CO[C@H]5[C@@H]4OC[C@H]5O)[nH]c3cc2Cl)c(F)c1. The highest BCUT2D eigenvalue weighted by molar-refractivity contribution is 6.33. The lowest BCUT2D eigenvalue weighted by Crippen LogP contribution is -2.34. The van der Waals surface area contributed by atoms with E-state index in [1.165, 1.54) is 7.11 Å². The Morgan fingerprint density at radius 1 is 1.19 bits per heavy atom. The van der Waals surface area contributed by atoms with Crippen LogP contribution in [0, 0.1) is 11.6 Å². The minimum atomic E-state index is -0.772. The molecule has 10 nitrogen and oxygen atoms in total. The monoisotopic (exact) mass is 526 g/mol. The Balaban J connectivity index is 1.26. The van der Waals surface area contributed by atoms with E-state index < -0.39 is 36.1 Å². The van der Waals surface area contributed by atoms with Gasteiger partial charge in [0, 0.05) is 31.4 Å². The van der Waals surface area contributed by atoms with Crippen LogP contribution in [0.2, 0.25) is 5.02 Å². The molecule has 13 heteroatoms. The standard InChI is InChI=1S/C23H25ClF2N4O6/c1-10(32-2)7-33-11-3-14(25)12(15(26)4-11)6-27-21-13(24)5-16-22(29-21)30-23(28-16)36-18-9-35-19-17(31)8-34-20(18)19/h3-5,10,17-20,31H,6-9H2,1-2H3,(H2,27,28,29,30)/t10?,17-,18-,19-,20-/m1/s1. The van der Waals surface area contributed by atoms with Gasteiger partial charge in [0.2, 0.25) is 0 Å². The van der Waals surface area contributed by atoms with Gasteiger partial charge in [-0.1, -0.05) is 11.6 Å². The second-order valence-corrected chi connectivity index (χ2v) is 9.04. The number of methoxy groups -OCH3 is 1. The average molecular weight is 527 g/mol. The first-order valence-electron chi connectivity index (χ1n) is 11.3. The number of imidazole rings is 1. The smallest absolute Gasteiger partial charge is 0.296 e. The van der Waals surface area contributed by atoms with Gasteiger partial charge in [0.05, 0.1) is 29.9 Å². The van der Waals surface area contributed by atoms with E-state index in [1.54, 1.807) is 13.0 Å². The fourth-order valence-corrected chi connectivity index (χ4v) is 4.27. The van der Waals surface area contributed by atoms with Crippen LogP contribution in [-0.2, 0) is 20.8 Å². The summed E-state index contributed by atoms with van der Waals surface area (Å²) in [7, 11) is 1.52. The number of aromatic amines is 1. The number of nitrogens with one attached hydrogen (secondary N) is 2. The molecule has 36 heavy (non-hydrogen) atoms. The predicted octanol–water partition coefficient (Wildman–Crippen LogP) is 2.82. The maximum Gasteiger partial charge on any atom is 0.296 e. The molecule has 1 aromatic carbocycles. The molecule has 0 aliphatic carbocycles. The fraction of sp³-hybridized carbons (Fsp3) is 0.478. The Hall–Kier alpha value is -2.77. The van der Waals surface area contributed by atoms with E-state index in [2.05, 4.69) is 20.3 Å². The van der Waals surface area contributed by atoms with Crippen LogP contribution in [0.3, 0.4) is 0 Å². The summed E-state index contributed by atoms with van der Waals surface area (Å²) in [6.07, 6.45) is -2.19. The summed E-state index contributed by atoms with van der Waals surface area (Å²) in [4.78, 5) is 11.6. The molecule has 2 aromatic heterocycles. The first-order chi connectivity index (χ1) is 17.3. The number of nitrogens with zero attached hydrogens (tertiary/aromatic N) is 2. The summed E-state index contributed by atoms with van der Waals surface area (Å²) in [6, 6.07) is 3.99. The van der Waals surface area contributed by atoms with Crippen molar-refractivity contribution in [3.8, 4) is 11.8 Å². The lowest BCUT2D eigenvalue weighted by molar-refractivity contribution is 0.00706. The normalized spacial score (nSPS) is 24.2. The summed E-state index contributed by atoms with van der Waals surface area (Å²) >= 11 is 6.33. The number of halogens is 3. The van der Waals surface area contributed by atoms with Gasteiger partial charge in [-0.15, -0.1) is 0 Å². The number of rotatable bonds is 9. The van der Waals surface area contributed by atoms with Gasteiger partial charge in [-0.3, -0.25) is 0 Å². The third kappa shape index (κ3) is 5.04. The Morgan fingerprint density at radius 2 is 1.94 bits per heavy atom. The van der Waals surface area contributed by atoms with E-state index in [0.29, 0.717) is 5.52 Å². The second kappa shape index (κ2) is 10.3. The zero-order chi connectivity index (χ0) is 25.4. The molecule has 3 aromatic rings. The van der Waals surface area contributed by atoms with E-state index in [9.17, 15) is 13.9 Å². The van der Waals surface area contributed by atoms with Crippen molar-refractivity contribution < 1.29 is 37.6 Å². The molecule has 2 aliphatic rings. The number of aromatic nitrogens is 3. The van der Waals surface area contributed by atoms with Crippen molar-refractivity contribution in [2.75, 3.05) is 32.2 Å². The van der Waals surface area contributed by atoms with Gasteiger partial charge in [-0.2, -0.15) is 4.98 Å². The molecule has 3 N–H and O–H groups in total. The summed E-state index contributed by atoms with van der Waals surface area (Å²) < 4.78 is 56.6. The molecular weight excluding hydrogens is 502 g/mol. The number of pyridine rings is 1. The first-order valence-corrected chi connectivity index (χ1v) is 11.7. The van der Waals surface area contributed by atoms with Crippen molar-refractivity contribution in [2.45, 2.75) is 44.0 Å². The zero-order valence-electron chi connectivity index (χ0n) is 19.5. The quantitative estimate of drug-likeness (QED) is 0.386. The maximum absolute atomic E-state index is 14.6. The molecule has 2 saturated heterocycles. The Morgan fingerprint density at radius 3 is 2.69 bits per heavy atom. The number of fused-ring (bicyclic) bond motifs is 2. The highest BCUT2D eigenvalue weighted by Gasteiger charge is 2.48. The maximum atomic E-state index is 14.6. The third-order valence-electron chi connectivity index (χ3n) is 6.08. The fourth-order valence-electron chi connectivity index (χ4n) is 4.05. The lowest BCUT2D eigenvalue weighted by Gasteiger charge is -2.15. The second-order valence-electron chi connectivity index (χ2n) is 8.63. The van der Waals surface area contributed by atoms with E-state index in [1.807, 2.05) is 0 Å². The van der Waals surface area contributed by atoms with Crippen LogP contribution in [0.15, 0.2) is 18.2 Å². The minimum absolute atomic E-state index is 0.0655. The Kier molecular flexibility index (Phi) is 7.13. The Bertz CT molecular complexity index is 1220. The van der Waals surface area contributed by atoms with Crippen molar-refractivity contribution in [1.29, 1.82) is 0 Å². The van der Waals surface area contributed by atoms with Crippen LogP contribution < -0.4 is 14.8 Å². The molecule has 0 bridgehead atoms. The van der Waals surface area contributed by atoms with Crippen molar-refractivity contribution in [3.05, 3.63) is 40.4 Å². The molecule has 1 unspecified atom stereocenters. The molecule has 0 saturated carbocycles. The number of aliphatic hydroxyl groups is 1. The molecule has 4 heterocycles. The first kappa shape index (κ1) is 24.9.